The first-order valence-corrected chi connectivity index (χ1v) is 11.0. The predicted molar refractivity (Wildman–Crippen MR) is 101 cm³/mol. The van der Waals surface area contributed by atoms with Crippen molar-refractivity contribution in [1.82, 2.24) is 15.2 Å². The molecule has 136 valence electrons. The Hall–Kier alpha value is -1.22. The smallest absolute Gasteiger partial charge is 0.234 e. The van der Waals surface area contributed by atoms with Gasteiger partial charge < -0.3 is 5.32 Å². The van der Waals surface area contributed by atoms with Crippen LogP contribution >= 0.6 is 22.9 Å². The van der Waals surface area contributed by atoms with Crippen LogP contribution in [-0.4, -0.2) is 60.7 Å². The third kappa shape index (κ3) is 4.31. The molecule has 1 aliphatic heterocycles. The Morgan fingerprint density at radius 3 is 2.80 bits per heavy atom. The first-order chi connectivity index (χ1) is 11.7. The highest BCUT2D eigenvalue weighted by Gasteiger charge is 2.37. The zero-order valence-electron chi connectivity index (χ0n) is 14.0. The van der Waals surface area contributed by atoms with E-state index in [1.54, 1.807) is 11.3 Å². The molecular formula is C16H20ClN3O3S2. The van der Waals surface area contributed by atoms with Crippen molar-refractivity contribution in [1.29, 1.82) is 0 Å². The van der Waals surface area contributed by atoms with Crippen LogP contribution < -0.4 is 5.32 Å². The molecule has 3 atom stereocenters. The molecule has 25 heavy (non-hydrogen) atoms. The van der Waals surface area contributed by atoms with Crippen LogP contribution in [0.4, 0.5) is 0 Å². The van der Waals surface area contributed by atoms with Gasteiger partial charge in [0, 0.05) is 0 Å². The molecule has 2 heterocycles. The molecule has 1 fully saturated rings. The number of halogens is 1. The van der Waals surface area contributed by atoms with Gasteiger partial charge in [-0.3, -0.25) is 9.69 Å². The van der Waals surface area contributed by atoms with Crippen molar-refractivity contribution in [2.45, 2.75) is 24.4 Å². The number of thiazole rings is 1. The fraction of sp³-hybridized carbons (Fsp3) is 0.500. The lowest BCUT2D eigenvalue weighted by Gasteiger charge is -2.23. The molecule has 3 rings (SSSR count). The molecule has 1 amide bonds. The molecule has 2 aromatic rings. The summed E-state index contributed by atoms with van der Waals surface area (Å²) in [5, 5.41) is 3.11. The Labute approximate surface area is 156 Å². The van der Waals surface area contributed by atoms with Crippen molar-refractivity contribution >= 4 is 48.9 Å². The minimum atomic E-state index is -3.16. The molecule has 0 saturated carbocycles. The summed E-state index contributed by atoms with van der Waals surface area (Å²) in [7, 11) is -1.31. The SMILES string of the molecule is C[C@H](c1nc2ccccc2s1)N(C)CC(=O)N[C@@H]1CS(=O)(=O)C[C@@H]1Cl. The molecule has 1 aromatic heterocycles. The van der Waals surface area contributed by atoms with Gasteiger partial charge >= 0.3 is 0 Å². The van der Waals surface area contributed by atoms with E-state index in [9.17, 15) is 13.2 Å². The number of rotatable bonds is 5. The van der Waals surface area contributed by atoms with Crippen molar-refractivity contribution in [3.8, 4) is 0 Å². The van der Waals surface area contributed by atoms with E-state index in [-0.39, 0.29) is 30.0 Å². The monoisotopic (exact) mass is 401 g/mol. The normalized spacial score (nSPS) is 23.8. The fourth-order valence-corrected chi connectivity index (χ4v) is 6.44. The summed E-state index contributed by atoms with van der Waals surface area (Å²) < 4.78 is 24.3. The number of hydrogen-bond acceptors (Lipinski definition) is 6. The van der Waals surface area contributed by atoms with Crippen LogP contribution in [0.15, 0.2) is 24.3 Å². The Morgan fingerprint density at radius 2 is 2.16 bits per heavy atom. The molecule has 0 aliphatic carbocycles. The van der Waals surface area contributed by atoms with E-state index in [2.05, 4.69) is 10.3 Å². The molecule has 1 saturated heterocycles. The number of benzene rings is 1. The third-order valence-electron chi connectivity index (χ3n) is 4.35. The number of likely N-dealkylation sites (N-methyl/N-ethyl adjacent to an activating group) is 1. The third-order valence-corrected chi connectivity index (χ3v) is 7.93. The average Bonchev–Trinajstić information content (AvgIpc) is 3.06. The quantitative estimate of drug-likeness (QED) is 0.773. The van der Waals surface area contributed by atoms with Gasteiger partial charge in [-0.2, -0.15) is 0 Å². The van der Waals surface area contributed by atoms with E-state index in [0.29, 0.717) is 0 Å². The summed E-state index contributed by atoms with van der Waals surface area (Å²) in [6, 6.07) is 7.37. The number of para-hydroxylation sites is 1. The van der Waals surface area contributed by atoms with Crippen LogP contribution in [0.2, 0.25) is 0 Å². The van der Waals surface area contributed by atoms with Gasteiger partial charge in [-0.15, -0.1) is 22.9 Å². The Kier molecular flexibility index (Phi) is 5.34. The van der Waals surface area contributed by atoms with Crippen LogP contribution in [-0.2, 0) is 14.6 Å². The van der Waals surface area contributed by atoms with E-state index < -0.39 is 21.3 Å². The fourth-order valence-electron chi connectivity index (χ4n) is 2.81. The van der Waals surface area contributed by atoms with Crippen molar-refractivity contribution in [3.63, 3.8) is 0 Å². The molecule has 0 radical (unpaired) electrons. The minimum absolute atomic E-state index is 0.0257. The predicted octanol–water partition coefficient (Wildman–Crippen LogP) is 1.81. The zero-order chi connectivity index (χ0) is 18.2. The number of sulfone groups is 1. The summed E-state index contributed by atoms with van der Waals surface area (Å²) in [5.74, 6) is -0.412. The number of aromatic nitrogens is 1. The molecular weight excluding hydrogens is 382 g/mol. The van der Waals surface area contributed by atoms with Crippen LogP contribution in [0.25, 0.3) is 10.2 Å². The summed E-state index contributed by atoms with van der Waals surface area (Å²) in [4.78, 5) is 18.8. The number of hydrogen-bond donors (Lipinski definition) is 1. The summed E-state index contributed by atoms with van der Waals surface area (Å²) in [6.07, 6.45) is 0. The number of carbonyl (C=O) groups excluding carboxylic acids is 1. The maximum atomic E-state index is 12.3. The zero-order valence-corrected chi connectivity index (χ0v) is 16.4. The Balaban J connectivity index is 1.61. The number of amides is 1. The Morgan fingerprint density at radius 1 is 1.44 bits per heavy atom. The van der Waals surface area contributed by atoms with E-state index in [1.807, 2.05) is 43.1 Å². The number of alkyl halides is 1. The maximum Gasteiger partial charge on any atom is 0.234 e. The van der Waals surface area contributed by atoms with Crippen molar-refractivity contribution in [2.24, 2.45) is 0 Å². The van der Waals surface area contributed by atoms with Gasteiger partial charge in [0.1, 0.15) is 5.01 Å². The number of carbonyl (C=O) groups is 1. The van der Waals surface area contributed by atoms with E-state index in [0.717, 1.165) is 15.2 Å². The minimum Gasteiger partial charge on any atom is -0.350 e. The molecule has 0 unspecified atom stereocenters. The van der Waals surface area contributed by atoms with Crippen LogP contribution in [0.5, 0.6) is 0 Å². The topological polar surface area (TPSA) is 79.4 Å². The van der Waals surface area contributed by atoms with Crippen LogP contribution in [0.1, 0.15) is 18.0 Å². The highest BCUT2D eigenvalue weighted by molar-refractivity contribution is 7.91. The summed E-state index contributed by atoms with van der Waals surface area (Å²) >= 11 is 7.64. The second-order valence-corrected chi connectivity index (χ2v) is 10.2. The van der Waals surface area contributed by atoms with E-state index in [4.69, 9.17) is 11.6 Å². The van der Waals surface area contributed by atoms with Crippen molar-refractivity contribution in [3.05, 3.63) is 29.3 Å². The van der Waals surface area contributed by atoms with Gasteiger partial charge in [-0.1, -0.05) is 12.1 Å². The van der Waals surface area contributed by atoms with Crippen LogP contribution in [0.3, 0.4) is 0 Å². The van der Waals surface area contributed by atoms with Crippen molar-refractivity contribution < 1.29 is 13.2 Å². The molecule has 1 N–H and O–H groups in total. The van der Waals surface area contributed by atoms with Gasteiger partial charge in [0.05, 0.1) is 45.7 Å². The lowest BCUT2D eigenvalue weighted by Crippen LogP contribution is -2.45. The molecule has 1 aromatic carbocycles. The van der Waals surface area contributed by atoms with Gasteiger partial charge in [0.15, 0.2) is 9.84 Å². The van der Waals surface area contributed by atoms with Gasteiger partial charge in [-0.05, 0) is 26.1 Å². The van der Waals surface area contributed by atoms with Gasteiger partial charge in [0.25, 0.3) is 0 Å². The Bertz CT molecular complexity index is 851. The van der Waals surface area contributed by atoms with E-state index in [1.165, 1.54) is 0 Å². The second-order valence-electron chi connectivity index (χ2n) is 6.38. The molecule has 9 heteroatoms. The van der Waals surface area contributed by atoms with E-state index >= 15 is 0 Å². The maximum absolute atomic E-state index is 12.3. The number of nitrogens with zero attached hydrogens (tertiary/aromatic N) is 2. The summed E-state index contributed by atoms with van der Waals surface area (Å²) in [6.45, 7) is 2.15. The van der Waals surface area contributed by atoms with Gasteiger partial charge in [-0.25, -0.2) is 13.4 Å². The largest absolute Gasteiger partial charge is 0.350 e. The highest BCUT2D eigenvalue weighted by Crippen LogP contribution is 2.28. The second kappa shape index (κ2) is 7.19. The lowest BCUT2D eigenvalue weighted by molar-refractivity contribution is -0.122. The first kappa shape index (κ1) is 18.6. The molecule has 0 spiro atoms. The molecule has 6 nitrogen and oxygen atoms in total. The number of fused-ring (bicyclic) bond motifs is 1. The standard InChI is InChI=1S/C16H20ClN3O3S2/c1-10(16-19-12-5-3-4-6-14(12)24-16)20(2)7-15(21)18-13-9-25(22,23)8-11(13)17/h3-6,10-11,13H,7-9H2,1-2H3,(H,18,21)/t10-,11+,13-/m1/s1. The van der Waals surface area contributed by atoms with Crippen molar-refractivity contribution in [2.75, 3.05) is 25.1 Å². The molecule has 0 bridgehead atoms. The highest BCUT2D eigenvalue weighted by atomic mass is 35.5. The number of nitrogens with one attached hydrogen (secondary N) is 1. The average molecular weight is 402 g/mol. The van der Waals surface area contributed by atoms with Crippen LogP contribution in [0, 0.1) is 0 Å². The molecule has 1 aliphatic rings. The lowest BCUT2D eigenvalue weighted by atomic mass is 10.2. The first-order valence-electron chi connectivity index (χ1n) is 7.95. The summed E-state index contributed by atoms with van der Waals surface area (Å²) in [5.41, 5.74) is 0.952. The van der Waals surface area contributed by atoms with Gasteiger partial charge in [0.2, 0.25) is 5.91 Å².